The van der Waals surface area contributed by atoms with Gasteiger partial charge in [0.15, 0.2) is 0 Å². The number of amides is 1. The summed E-state index contributed by atoms with van der Waals surface area (Å²) in [5.41, 5.74) is 3.09. The Morgan fingerprint density at radius 1 is 1.38 bits per heavy atom. The minimum Gasteiger partial charge on any atom is -0.445 e. The van der Waals surface area contributed by atoms with Gasteiger partial charge in [0, 0.05) is 24.8 Å². The van der Waals surface area contributed by atoms with E-state index in [0.29, 0.717) is 6.54 Å². The van der Waals surface area contributed by atoms with Crippen molar-refractivity contribution >= 4 is 12.2 Å². The molecule has 1 N–H and O–H groups in total. The molecular weight excluding hydrogens is 266 g/mol. The molecule has 0 aliphatic carbocycles. The van der Waals surface area contributed by atoms with Crippen LogP contribution < -0.4 is 5.32 Å². The van der Waals surface area contributed by atoms with Crippen LogP contribution in [0.25, 0.3) is 6.08 Å². The van der Waals surface area contributed by atoms with Gasteiger partial charge >= 0.3 is 6.09 Å². The topological polar surface area (TPSA) is 56.1 Å². The van der Waals surface area contributed by atoms with Gasteiger partial charge in [0.2, 0.25) is 0 Å². The first-order valence-corrected chi connectivity index (χ1v) is 6.76. The lowest BCUT2D eigenvalue weighted by Gasteiger charge is -2.05. The molecule has 21 heavy (non-hydrogen) atoms. The van der Waals surface area contributed by atoms with Gasteiger partial charge in [-0.2, -0.15) is 5.10 Å². The zero-order chi connectivity index (χ0) is 15.1. The van der Waals surface area contributed by atoms with E-state index >= 15 is 0 Å². The third-order valence-electron chi connectivity index (χ3n) is 3.15. The van der Waals surface area contributed by atoms with Crippen molar-refractivity contribution in [3.05, 3.63) is 59.4 Å². The van der Waals surface area contributed by atoms with E-state index in [9.17, 15) is 4.79 Å². The molecule has 0 saturated carbocycles. The molecule has 1 heterocycles. The minimum atomic E-state index is -0.425. The van der Waals surface area contributed by atoms with Crippen molar-refractivity contribution < 1.29 is 9.53 Å². The lowest BCUT2D eigenvalue weighted by atomic mass is 10.2. The van der Waals surface area contributed by atoms with Crippen molar-refractivity contribution in [2.45, 2.75) is 13.5 Å². The molecule has 0 spiro atoms. The average molecular weight is 285 g/mol. The van der Waals surface area contributed by atoms with Gasteiger partial charge in [0.05, 0.1) is 6.20 Å². The Bertz CT molecular complexity index is 618. The maximum Gasteiger partial charge on any atom is 0.407 e. The smallest absolute Gasteiger partial charge is 0.407 e. The van der Waals surface area contributed by atoms with E-state index in [1.165, 1.54) is 0 Å². The van der Waals surface area contributed by atoms with Gasteiger partial charge in [-0.15, -0.1) is 0 Å². The number of ether oxygens (including phenoxy) is 1. The van der Waals surface area contributed by atoms with Crippen LogP contribution in [0.15, 0.2) is 42.6 Å². The molecule has 0 unspecified atom stereocenters. The number of hydrogen-bond donors (Lipinski definition) is 1. The molecule has 110 valence electrons. The highest BCUT2D eigenvalue weighted by Gasteiger charge is 2.01. The van der Waals surface area contributed by atoms with Gasteiger partial charge in [-0.3, -0.25) is 4.68 Å². The molecule has 2 aromatic rings. The predicted octanol–water partition coefficient (Wildman–Crippen LogP) is 2.67. The second-order valence-electron chi connectivity index (χ2n) is 4.65. The number of alkyl carbamates (subject to hydrolysis) is 1. The number of carbonyl (C=O) groups excluding carboxylic acids is 1. The van der Waals surface area contributed by atoms with Gasteiger partial charge in [0.1, 0.15) is 6.61 Å². The standard InChI is InChI=1S/C16H19N3O2/c1-13-15(11-18-19(13)2)9-6-10-17-16(20)21-12-14-7-4-3-5-8-14/h3-9,11H,10,12H2,1-2H3,(H,17,20). The molecule has 0 fully saturated rings. The number of benzene rings is 1. The summed E-state index contributed by atoms with van der Waals surface area (Å²) in [6.07, 6.45) is 5.17. The Morgan fingerprint density at radius 3 is 2.81 bits per heavy atom. The Labute approximate surface area is 124 Å². The lowest BCUT2D eigenvalue weighted by Crippen LogP contribution is -2.24. The van der Waals surface area contributed by atoms with E-state index in [1.807, 2.05) is 56.5 Å². The van der Waals surface area contributed by atoms with Crippen LogP contribution in [0.2, 0.25) is 0 Å². The number of rotatable bonds is 5. The fourth-order valence-electron chi connectivity index (χ4n) is 1.78. The van der Waals surface area contributed by atoms with Crippen LogP contribution in [-0.4, -0.2) is 22.4 Å². The normalized spacial score (nSPS) is 10.8. The lowest BCUT2D eigenvalue weighted by molar-refractivity contribution is 0.141. The van der Waals surface area contributed by atoms with Crippen LogP contribution in [0.1, 0.15) is 16.8 Å². The van der Waals surface area contributed by atoms with Gasteiger partial charge in [-0.05, 0) is 12.5 Å². The number of nitrogens with one attached hydrogen (secondary N) is 1. The minimum absolute atomic E-state index is 0.276. The summed E-state index contributed by atoms with van der Waals surface area (Å²) in [4.78, 5) is 11.5. The van der Waals surface area contributed by atoms with Crippen molar-refractivity contribution in [2.24, 2.45) is 7.05 Å². The zero-order valence-electron chi connectivity index (χ0n) is 12.2. The van der Waals surface area contributed by atoms with Gasteiger partial charge in [-0.25, -0.2) is 4.79 Å². The highest BCUT2D eigenvalue weighted by Crippen LogP contribution is 2.07. The van der Waals surface area contributed by atoms with E-state index in [1.54, 1.807) is 10.9 Å². The van der Waals surface area contributed by atoms with Crippen LogP contribution in [0.3, 0.4) is 0 Å². The first kappa shape index (κ1) is 14.8. The summed E-state index contributed by atoms with van der Waals surface area (Å²) in [7, 11) is 1.89. The Hall–Kier alpha value is -2.56. The van der Waals surface area contributed by atoms with Gasteiger partial charge in [-0.1, -0.05) is 42.5 Å². The molecule has 5 heteroatoms. The summed E-state index contributed by atoms with van der Waals surface area (Å²) >= 11 is 0. The number of nitrogens with zero attached hydrogens (tertiary/aromatic N) is 2. The Kier molecular flexibility index (Phi) is 5.15. The van der Waals surface area contributed by atoms with Gasteiger partial charge in [0.25, 0.3) is 0 Å². The van der Waals surface area contributed by atoms with Crippen LogP contribution in [0.5, 0.6) is 0 Å². The Balaban J connectivity index is 1.71. The molecule has 5 nitrogen and oxygen atoms in total. The fourth-order valence-corrected chi connectivity index (χ4v) is 1.78. The molecule has 0 aliphatic rings. The van der Waals surface area contributed by atoms with Crippen molar-refractivity contribution in [1.29, 1.82) is 0 Å². The molecule has 0 atom stereocenters. The van der Waals surface area contributed by atoms with Crippen LogP contribution in [-0.2, 0) is 18.4 Å². The monoisotopic (exact) mass is 285 g/mol. The number of hydrogen-bond acceptors (Lipinski definition) is 3. The Morgan fingerprint density at radius 2 is 2.14 bits per heavy atom. The van der Waals surface area contributed by atoms with Gasteiger partial charge < -0.3 is 10.1 Å². The predicted molar refractivity (Wildman–Crippen MR) is 81.6 cm³/mol. The number of aryl methyl sites for hydroxylation is 1. The molecule has 0 aliphatic heterocycles. The number of carbonyl (C=O) groups is 1. The maximum atomic E-state index is 11.5. The largest absolute Gasteiger partial charge is 0.445 e. The SMILES string of the molecule is Cc1c(C=CCNC(=O)OCc2ccccc2)cnn1C. The molecular formula is C16H19N3O2. The zero-order valence-corrected chi connectivity index (χ0v) is 12.2. The molecule has 1 aromatic carbocycles. The number of aromatic nitrogens is 2. The average Bonchev–Trinajstić information content (AvgIpc) is 2.82. The molecule has 1 amide bonds. The van der Waals surface area contributed by atoms with Crippen molar-refractivity contribution in [3.63, 3.8) is 0 Å². The summed E-state index contributed by atoms with van der Waals surface area (Å²) in [5, 5.41) is 6.82. The summed E-state index contributed by atoms with van der Waals surface area (Å²) < 4.78 is 6.91. The van der Waals surface area contributed by atoms with Crippen molar-refractivity contribution in [3.8, 4) is 0 Å². The first-order chi connectivity index (χ1) is 10.2. The van der Waals surface area contributed by atoms with Crippen LogP contribution in [0, 0.1) is 6.92 Å². The highest BCUT2D eigenvalue weighted by atomic mass is 16.5. The first-order valence-electron chi connectivity index (χ1n) is 6.76. The summed E-state index contributed by atoms with van der Waals surface area (Å²) in [6, 6.07) is 9.58. The molecule has 0 bridgehead atoms. The van der Waals surface area contributed by atoms with E-state index in [0.717, 1.165) is 16.8 Å². The van der Waals surface area contributed by atoms with Crippen molar-refractivity contribution in [2.75, 3.05) is 6.54 Å². The summed E-state index contributed by atoms with van der Waals surface area (Å²) in [6.45, 7) is 2.69. The third-order valence-corrected chi connectivity index (χ3v) is 3.15. The second-order valence-corrected chi connectivity index (χ2v) is 4.65. The fraction of sp³-hybridized carbons (Fsp3) is 0.250. The molecule has 0 radical (unpaired) electrons. The maximum absolute atomic E-state index is 11.5. The van der Waals surface area contributed by atoms with E-state index < -0.39 is 6.09 Å². The van der Waals surface area contributed by atoms with Crippen LogP contribution in [0.4, 0.5) is 4.79 Å². The van der Waals surface area contributed by atoms with Crippen molar-refractivity contribution in [1.82, 2.24) is 15.1 Å². The van der Waals surface area contributed by atoms with E-state index in [4.69, 9.17) is 4.74 Å². The van der Waals surface area contributed by atoms with Crippen LogP contribution >= 0.6 is 0 Å². The molecule has 0 saturated heterocycles. The summed E-state index contributed by atoms with van der Waals surface area (Å²) in [5.74, 6) is 0. The third kappa shape index (κ3) is 4.49. The second kappa shape index (κ2) is 7.28. The highest BCUT2D eigenvalue weighted by molar-refractivity contribution is 5.67. The quantitative estimate of drug-likeness (QED) is 0.919. The molecule has 2 rings (SSSR count). The van der Waals surface area contributed by atoms with E-state index in [-0.39, 0.29) is 6.61 Å². The van der Waals surface area contributed by atoms with E-state index in [2.05, 4.69) is 10.4 Å². The molecule has 1 aromatic heterocycles.